The molecule has 7 nitrogen and oxygen atoms in total. The van der Waals surface area contributed by atoms with Crippen LogP contribution >= 0.6 is 0 Å². The molecule has 2 saturated heterocycles. The van der Waals surface area contributed by atoms with E-state index < -0.39 is 5.97 Å². The van der Waals surface area contributed by atoms with E-state index in [1.54, 1.807) is 6.07 Å². The number of ether oxygens (including phenoxy) is 2. The van der Waals surface area contributed by atoms with E-state index >= 15 is 0 Å². The van der Waals surface area contributed by atoms with Crippen molar-refractivity contribution in [3.8, 4) is 0 Å². The van der Waals surface area contributed by atoms with Gasteiger partial charge in [0.2, 0.25) is 11.7 Å². The number of hydrogen-bond acceptors (Lipinski definition) is 6. The molecule has 7 heteroatoms. The Morgan fingerprint density at radius 3 is 2.79 bits per heavy atom. The quantitative estimate of drug-likeness (QED) is 0.771. The second-order valence-corrected chi connectivity index (χ2v) is 6.19. The van der Waals surface area contributed by atoms with Crippen LogP contribution in [0.3, 0.4) is 0 Å². The van der Waals surface area contributed by atoms with Gasteiger partial charge in [-0.15, -0.1) is 0 Å². The Labute approximate surface area is 141 Å². The summed E-state index contributed by atoms with van der Waals surface area (Å²) < 4.78 is 15.3. The largest absolute Gasteiger partial charge is 0.463 e. The Kier molecular flexibility index (Phi) is 5.52. The van der Waals surface area contributed by atoms with Gasteiger partial charge in [-0.05, 0) is 25.5 Å². The molecular formula is C17H24N2O5. The minimum atomic E-state index is -0.483. The summed E-state index contributed by atoms with van der Waals surface area (Å²) in [6.45, 7) is 3.87. The number of esters is 1. The van der Waals surface area contributed by atoms with Crippen LogP contribution in [0.4, 0.5) is 0 Å². The molecule has 0 saturated carbocycles. The average Bonchev–Trinajstić information content (AvgIpc) is 3.10. The summed E-state index contributed by atoms with van der Waals surface area (Å²) in [5, 5.41) is 0. The molecule has 0 unspecified atom stereocenters. The molecule has 0 aliphatic carbocycles. The first kappa shape index (κ1) is 17.0. The molecule has 132 valence electrons. The van der Waals surface area contributed by atoms with Crippen LogP contribution in [0.2, 0.25) is 0 Å². The molecular weight excluding hydrogens is 312 g/mol. The first-order valence-electron chi connectivity index (χ1n) is 8.46. The molecule has 2 aliphatic rings. The lowest BCUT2D eigenvalue weighted by Gasteiger charge is -2.38. The van der Waals surface area contributed by atoms with E-state index in [1.807, 2.05) is 4.90 Å². The number of hydrogen-bond donors (Lipinski definition) is 0. The van der Waals surface area contributed by atoms with Crippen LogP contribution in [-0.4, -0.2) is 67.7 Å². The van der Waals surface area contributed by atoms with Crippen molar-refractivity contribution in [1.29, 1.82) is 0 Å². The van der Waals surface area contributed by atoms with Crippen molar-refractivity contribution in [3.63, 3.8) is 0 Å². The summed E-state index contributed by atoms with van der Waals surface area (Å²) in [5.74, 6) is -0.0928. The van der Waals surface area contributed by atoms with E-state index in [0.29, 0.717) is 32.8 Å². The van der Waals surface area contributed by atoms with E-state index in [1.165, 1.54) is 13.4 Å². The number of nitrogens with zero attached hydrogens (tertiary/aromatic N) is 2. The number of amides is 1. The van der Waals surface area contributed by atoms with Crippen LogP contribution in [0, 0.1) is 0 Å². The third-order valence-electron chi connectivity index (χ3n) is 4.71. The number of carbonyl (C=O) groups is 2. The lowest BCUT2D eigenvalue weighted by Crippen LogP contribution is -2.53. The number of rotatable bonds is 4. The Balaban J connectivity index is 1.71. The number of piperidine rings is 1. The second-order valence-electron chi connectivity index (χ2n) is 6.19. The molecule has 2 fully saturated rings. The Morgan fingerprint density at radius 2 is 2.04 bits per heavy atom. The molecule has 0 spiro atoms. The van der Waals surface area contributed by atoms with Crippen LogP contribution < -0.4 is 0 Å². The summed E-state index contributed by atoms with van der Waals surface area (Å²) in [6.07, 6.45) is 4.44. The number of furan rings is 1. The topological polar surface area (TPSA) is 72.2 Å². The fraction of sp³-hybridized carbons (Fsp3) is 0.647. The summed E-state index contributed by atoms with van der Waals surface area (Å²) in [5.41, 5.74) is 0.767. The van der Waals surface area contributed by atoms with Crippen molar-refractivity contribution in [3.05, 3.63) is 23.7 Å². The van der Waals surface area contributed by atoms with E-state index in [4.69, 9.17) is 13.9 Å². The molecule has 0 bridgehead atoms. The fourth-order valence-electron chi connectivity index (χ4n) is 3.41. The SMILES string of the molecule is COC(=O)c1occc1CN1CCCC[C@@H]1C(=O)N1CCOCC1. The van der Waals surface area contributed by atoms with Gasteiger partial charge in [0.15, 0.2) is 0 Å². The van der Waals surface area contributed by atoms with Crippen LogP contribution in [0.25, 0.3) is 0 Å². The lowest BCUT2D eigenvalue weighted by molar-refractivity contribution is -0.142. The molecule has 2 aliphatic heterocycles. The summed E-state index contributed by atoms with van der Waals surface area (Å²) in [6, 6.07) is 1.63. The molecule has 1 atom stereocenters. The average molecular weight is 336 g/mol. The Morgan fingerprint density at radius 1 is 1.25 bits per heavy atom. The van der Waals surface area contributed by atoms with Gasteiger partial charge in [0.05, 0.1) is 32.6 Å². The molecule has 0 N–H and O–H groups in total. The van der Waals surface area contributed by atoms with Crippen molar-refractivity contribution >= 4 is 11.9 Å². The zero-order valence-corrected chi connectivity index (χ0v) is 14.0. The highest BCUT2D eigenvalue weighted by atomic mass is 16.5. The van der Waals surface area contributed by atoms with Gasteiger partial charge in [0, 0.05) is 25.2 Å². The molecule has 0 aromatic carbocycles. The third kappa shape index (κ3) is 3.62. The number of likely N-dealkylation sites (tertiary alicyclic amines) is 1. The minimum Gasteiger partial charge on any atom is -0.463 e. The Hall–Kier alpha value is -1.86. The molecule has 3 rings (SSSR count). The van der Waals surface area contributed by atoms with Crippen LogP contribution in [0.15, 0.2) is 16.7 Å². The van der Waals surface area contributed by atoms with E-state index in [9.17, 15) is 9.59 Å². The summed E-state index contributed by atoms with van der Waals surface area (Å²) in [7, 11) is 1.33. The standard InChI is InChI=1S/C17H24N2O5/c1-22-17(21)15-13(5-9-24-15)12-19-6-3-2-4-14(19)16(20)18-7-10-23-11-8-18/h5,9,14H,2-4,6-8,10-12H2,1H3/t14-/m1/s1. The molecule has 1 amide bonds. The first-order chi connectivity index (χ1) is 11.7. The normalized spacial score (nSPS) is 22.4. The van der Waals surface area contributed by atoms with E-state index in [-0.39, 0.29) is 17.7 Å². The van der Waals surface area contributed by atoms with Crippen LogP contribution in [0.1, 0.15) is 35.4 Å². The van der Waals surface area contributed by atoms with E-state index in [2.05, 4.69) is 4.90 Å². The van der Waals surface area contributed by atoms with Gasteiger partial charge >= 0.3 is 5.97 Å². The minimum absolute atomic E-state index is 0.141. The molecule has 3 heterocycles. The van der Waals surface area contributed by atoms with Crippen LogP contribution in [0.5, 0.6) is 0 Å². The van der Waals surface area contributed by atoms with Crippen molar-refractivity contribution in [2.75, 3.05) is 40.0 Å². The van der Waals surface area contributed by atoms with Gasteiger partial charge in [-0.3, -0.25) is 9.69 Å². The summed E-state index contributed by atoms with van der Waals surface area (Å²) >= 11 is 0. The lowest BCUT2D eigenvalue weighted by atomic mass is 9.99. The third-order valence-corrected chi connectivity index (χ3v) is 4.71. The molecule has 24 heavy (non-hydrogen) atoms. The van der Waals surface area contributed by atoms with Crippen molar-refractivity contribution in [2.45, 2.75) is 31.8 Å². The summed E-state index contributed by atoms with van der Waals surface area (Å²) in [4.78, 5) is 28.7. The highest BCUT2D eigenvalue weighted by Crippen LogP contribution is 2.24. The van der Waals surface area contributed by atoms with Crippen molar-refractivity contribution in [1.82, 2.24) is 9.80 Å². The molecule has 0 radical (unpaired) electrons. The highest BCUT2D eigenvalue weighted by molar-refractivity contribution is 5.88. The van der Waals surface area contributed by atoms with Gasteiger partial charge in [0.1, 0.15) is 0 Å². The van der Waals surface area contributed by atoms with Gasteiger partial charge < -0.3 is 18.8 Å². The second kappa shape index (κ2) is 7.81. The Bertz CT molecular complexity index is 579. The van der Waals surface area contributed by atoms with E-state index in [0.717, 1.165) is 31.4 Å². The van der Waals surface area contributed by atoms with Gasteiger partial charge in [-0.1, -0.05) is 6.42 Å². The predicted molar refractivity (Wildman–Crippen MR) is 85.5 cm³/mol. The van der Waals surface area contributed by atoms with Crippen molar-refractivity contribution in [2.24, 2.45) is 0 Å². The predicted octanol–water partition coefficient (Wildman–Crippen LogP) is 1.28. The van der Waals surface area contributed by atoms with Crippen LogP contribution in [-0.2, 0) is 20.8 Å². The number of carbonyl (C=O) groups excluding carboxylic acids is 2. The van der Waals surface area contributed by atoms with Crippen molar-refractivity contribution < 1.29 is 23.5 Å². The van der Waals surface area contributed by atoms with Gasteiger partial charge in [0.25, 0.3) is 0 Å². The maximum Gasteiger partial charge on any atom is 0.374 e. The monoisotopic (exact) mass is 336 g/mol. The molecule has 1 aromatic heterocycles. The number of methoxy groups -OCH3 is 1. The molecule has 1 aromatic rings. The maximum absolute atomic E-state index is 12.9. The van der Waals surface area contributed by atoms with Gasteiger partial charge in [-0.25, -0.2) is 4.79 Å². The number of morpholine rings is 1. The highest BCUT2D eigenvalue weighted by Gasteiger charge is 2.33. The fourth-order valence-corrected chi connectivity index (χ4v) is 3.41. The zero-order valence-electron chi connectivity index (χ0n) is 14.0. The maximum atomic E-state index is 12.9. The zero-order chi connectivity index (χ0) is 16.9. The smallest absolute Gasteiger partial charge is 0.374 e. The van der Waals surface area contributed by atoms with Gasteiger partial charge in [-0.2, -0.15) is 0 Å². The first-order valence-corrected chi connectivity index (χ1v) is 8.46.